The topological polar surface area (TPSA) is 78.3 Å². The molecule has 0 unspecified atom stereocenters. The summed E-state index contributed by atoms with van der Waals surface area (Å²) in [4.78, 5) is 10.4. The van der Waals surface area contributed by atoms with Gasteiger partial charge in [-0.05, 0) is 6.92 Å². The lowest BCUT2D eigenvalue weighted by molar-refractivity contribution is -0.137. The lowest BCUT2D eigenvalue weighted by Gasteiger charge is -1.94. The molecule has 0 saturated heterocycles. The average molecular weight is 167 g/mol. The van der Waals surface area contributed by atoms with Gasteiger partial charge in [0, 0.05) is 0 Å². The lowest BCUT2D eigenvalue weighted by atomic mass is 10.6. The Morgan fingerprint density at radius 3 is 2.40 bits per heavy atom. The van der Waals surface area contributed by atoms with Crippen molar-refractivity contribution in [2.45, 2.75) is 6.92 Å². The third kappa shape index (κ3) is 7.10. The summed E-state index contributed by atoms with van der Waals surface area (Å²) in [6.07, 6.45) is 1.03. The second-order valence-corrected chi connectivity index (χ2v) is 1.40. The molecular formula is C5H11ClN2O2. The summed E-state index contributed by atoms with van der Waals surface area (Å²) < 4.78 is 4.48. The van der Waals surface area contributed by atoms with E-state index in [4.69, 9.17) is 11.5 Å². The molecule has 0 aliphatic carbocycles. The highest BCUT2D eigenvalue weighted by molar-refractivity contribution is 5.85. The minimum Gasteiger partial charge on any atom is -0.463 e. The predicted octanol–water partition coefficient (Wildman–Crippen LogP) is -0.270. The van der Waals surface area contributed by atoms with Gasteiger partial charge >= 0.3 is 5.97 Å². The minimum atomic E-state index is -0.502. The normalized spacial score (nSPS) is 7.30. The zero-order chi connectivity index (χ0) is 7.28. The maximum Gasteiger partial charge on any atom is 0.334 e. The van der Waals surface area contributed by atoms with Crippen LogP contribution >= 0.6 is 12.4 Å². The Balaban J connectivity index is 0. The average Bonchev–Trinajstić information content (AvgIpc) is 1.63. The summed E-state index contributed by atoms with van der Waals surface area (Å²) in [6.45, 7) is 2.04. The van der Waals surface area contributed by atoms with Crippen LogP contribution in [0.1, 0.15) is 6.92 Å². The van der Waals surface area contributed by atoms with E-state index in [2.05, 4.69) is 4.74 Å². The van der Waals surface area contributed by atoms with Gasteiger partial charge in [0.15, 0.2) is 0 Å². The van der Waals surface area contributed by atoms with E-state index in [1.165, 1.54) is 0 Å². The third-order valence-electron chi connectivity index (χ3n) is 0.571. The van der Waals surface area contributed by atoms with Crippen molar-refractivity contribution in [1.29, 1.82) is 0 Å². The van der Waals surface area contributed by atoms with Gasteiger partial charge in [-0.3, -0.25) is 0 Å². The van der Waals surface area contributed by atoms with Crippen molar-refractivity contribution in [3.8, 4) is 0 Å². The van der Waals surface area contributed by atoms with E-state index in [1.54, 1.807) is 6.92 Å². The van der Waals surface area contributed by atoms with Gasteiger partial charge in [0.1, 0.15) is 5.82 Å². The van der Waals surface area contributed by atoms with E-state index in [-0.39, 0.29) is 18.2 Å². The van der Waals surface area contributed by atoms with Crippen molar-refractivity contribution in [1.82, 2.24) is 0 Å². The Morgan fingerprint density at radius 1 is 1.60 bits per heavy atom. The van der Waals surface area contributed by atoms with Crippen LogP contribution in [0.4, 0.5) is 0 Å². The molecule has 0 aromatic rings. The summed E-state index contributed by atoms with van der Waals surface area (Å²) in [5.74, 6) is -0.536. The SMILES string of the molecule is CCOC(=O)C=C(N)N.Cl. The van der Waals surface area contributed by atoms with Gasteiger partial charge in [0.05, 0.1) is 12.7 Å². The Labute approximate surface area is 65.6 Å². The molecule has 0 aliphatic heterocycles. The monoisotopic (exact) mass is 166 g/mol. The molecule has 0 aliphatic rings. The first-order valence-electron chi connectivity index (χ1n) is 2.56. The molecule has 0 bridgehead atoms. The van der Waals surface area contributed by atoms with Crippen molar-refractivity contribution >= 4 is 18.4 Å². The molecule has 0 aromatic carbocycles. The van der Waals surface area contributed by atoms with E-state index < -0.39 is 5.97 Å². The zero-order valence-electron chi connectivity index (χ0n) is 5.66. The molecule has 10 heavy (non-hydrogen) atoms. The van der Waals surface area contributed by atoms with Crippen molar-refractivity contribution in [2.75, 3.05) is 6.61 Å². The summed E-state index contributed by atoms with van der Waals surface area (Å²) >= 11 is 0. The fraction of sp³-hybridized carbons (Fsp3) is 0.400. The number of esters is 1. The van der Waals surface area contributed by atoms with Crippen LogP contribution in [0.3, 0.4) is 0 Å². The lowest BCUT2D eigenvalue weighted by Crippen LogP contribution is -2.12. The van der Waals surface area contributed by atoms with Crippen LogP contribution in [0.5, 0.6) is 0 Å². The first-order valence-corrected chi connectivity index (χ1v) is 2.56. The first kappa shape index (κ1) is 11.8. The summed E-state index contributed by atoms with van der Waals surface area (Å²) in [7, 11) is 0. The largest absolute Gasteiger partial charge is 0.463 e. The molecular weight excluding hydrogens is 156 g/mol. The fourth-order valence-electron chi connectivity index (χ4n) is 0.320. The fourth-order valence-corrected chi connectivity index (χ4v) is 0.320. The molecule has 0 amide bonds. The van der Waals surface area contributed by atoms with Gasteiger partial charge in [-0.2, -0.15) is 0 Å². The van der Waals surface area contributed by atoms with E-state index in [9.17, 15) is 4.79 Å². The number of rotatable bonds is 2. The summed E-state index contributed by atoms with van der Waals surface area (Å²) in [6, 6.07) is 0. The van der Waals surface area contributed by atoms with E-state index in [1.807, 2.05) is 0 Å². The number of halogens is 1. The second kappa shape index (κ2) is 6.22. The molecule has 0 heterocycles. The smallest absolute Gasteiger partial charge is 0.334 e. The van der Waals surface area contributed by atoms with Gasteiger partial charge in [-0.25, -0.2) is 4.79 Å². The zero-order valence-corrected chi connectivity index (χ0v) is 6.48. The number of hydrogen-bond acceptors (Lipinski definition) is 4. The predicted molar refractivity (Wildman–Crippen MR) is 40.3 cm³/mol. The Kier molecular flexibility index (Phi) is 7.37. The Hall–Kier alpha value is -0.900. The Morgan fingerprint density at radius 2 is 2.10 bits per heavy atom. The molecule has 0 spiro atoms. The van der Waals surface area contributed by atoms with Crippen LogP contribution in [-0.2, 0) is 9.53 Å². The second-order valence-electron chi connectivity index (χ2n) is 1.40. The van der Waals surface area contributed by atoms with E-state index in [0.29, 0.717) is 6.61 Å². The maximum atomic E-state index is 10.4. The van der Waals surface area contributed by atoms with Crippen LogP contribution in [-0.4, -0.2) is 12.6 Å². The molecule has 0 atom stereocenters. The minimum absolute atomic E-state index is 0. The highest BCUT2D eigenvalue weighted by atomic mass is 35.5. The number of carbonyl (C=O) groups is 1. The first-order chi connectivity index (χ1) is 4.16. The van der Waals surface area contributed by atoms with E-state index in [0.717, 1.165) is 6.08 Å². The molecule has 0 aromatic heterocycles. The van der Waals surface area contributed by atoms with Crippen molar-refractivity contribution in [3.63, 3.8) is 0 Å². The summed E-state index contributed by atoms with van der Waals surface area (Å²) in [5, 5.41) is 0. The molecule has 0 fully saturated rings. The van der Waals surface area contributed by atoms with Crippen molar-refractivity contribution in [3.05, 3.63) is 11.9 Å². The molecule has 60 valence electrons. The molecule has 4 nitrogen and oxygen atoms in total. The third-order valence-corrected chi connectivity index (χ3v) is 0.571. The van der Waals surface area contributed by atoms with E-state index >= 15 is 0 Å². The van der Waals surface area contributed by atoms with Crippen LogP contribution in [0.15, 0.2) is 11.9 Å². The molecule has 0 saturated carbocycles. The van der Waals surface area contributed by atoms with Crippen LogP contribution < -0.4 is 11.5 Å². The number of nitrogens with two attached hydrogens (primary N) is 2. The van der Waals surface area contributed by atoms with Crippen LogP contribution in [0, 0.1) is 0 Å². The quantitative estimate of drug-likeness (QED) is 0.437. The number of ether oxygens (including phenoxy) is 1. The van der Waals surface area contributed by atoms with Gasteiger partial charge < -0.3 is 16.2 Å². The van der Waals surface area contributed by atoms with Crippen LogP contribution in [0.2, 0.25) is 0 Å². The molecule has 4 N–H and O–H groups in total. The number of carbonyl (C=O) groups excluding carboxylic acids is 1. The Bertz CT molecular complexity index is 132. The summed E-state index contributed by atoms with van der Waals surface area (Å²) in [5.41, 5.74) is 9.92. The van der Waals surface area contributed by atoms with Gasteiger partial charge in [0.25, 0.3) is 0 Å². The maximum absolute atomic E-state index is 10.4. The highest BCUT2D eigenvalue weighted by Gasteiger charge is 1.93. The molecule has 0 rings (SSSR count). The molecule has 0 radical (unpaired) electrons. The standard InChI is InChI=1S/C5H10N2O2.ClH/c1-2-9-5(8)3-4(6)7;/h3H,2,6-7H2,1H3;1H. The van der Waals surface area contributed by atoms with Crippen LogP contribution in [0.25, 0.3) is 0 Å². The van der Waals surface area contributed by atoms with Gasteiger partial charge in [-0.15, -0.1) is 12.4 Å². The highest BCUT2D eigenvalue weighted by Crippen LogP contribution is 1.79. The molecule has 5 heteroatoms. The van der Waals surface area contributed by atoms with Crippen molar-refractivity contribution in [2.24, 2.45) is 11.5 Å². The van der Waals surface area contributed by atoms with Gasteiger partial charge in [-0.1, -0.05) is 0 Å². The van der Waals surface area contributed by atoms with Gasteiger partial charge in [0.2, 0.25) is 0 Å². The number of hydrogen-bond donors (Lipinski definition) is 2. The van der Waals surface area contributed by atoms with Crippen molar-refractivity contribution < 1.29 is 9.53 Å².